The van der Waals surface area contributed by atoms with E-state index in [0.29, 0.717) is 12.2 Å². The van der Waals surface area contributed by atoms with Crippen LogP contribution in [0.25, 0.3) is 0 Å². The minimum atomic E-state index is -1.56. The number of carbonyl (C=O) groups excluding carboxylic acids is 9. The number of hydrogen-bond donors (Lipinski definition) is 1. The lowest BCUT2D eigenvalue weighted by molar-refractivity contribution is -0.202. The number of benzene rings is 1. The van der Waals surface area contributed by atoms with Crippen LogP contribution in [0.3, 0.4) is 0 Å². The maximum Gasteiger partial charge on any atom is 0.355 e. The zero-order chi connectivity index (χ0) is 35.8. The minimum Gasteiger partial charge on any atom is -0.356 e. The van der Waals surface area contributed by atoms with Gasteiger partial charge in [-0.2, -0.15) is 0 Å². The summed E-state index contributed by atoms with van der Waals surface area (Å²) in [4.78, 5) is 125. The number of amides is 7. The van der Waals surface area contributed by atoms with Crippen molar-refractivity contribution >= 4 is 80.4 Å². The van der Waals surface area contributed by atoms with Gasteiger partial charge in [0.2, 0.25) is 17.7 Å². The molecule has 2 aromatic rings. The van der Waals surface area contributed by atoms with Crippen molar-refractivity contribution in [1.82, 2.24) is 20.3 Å². The van der Waals surface area contributed by atoms with E-state index in [0.717, 1.165) is 27.0 Å². The summed E-state index contributed by atoms with van der Waals surface area (Å²) in [6, 6.07) is 9.54. The number of aromatic nitrogens is 1. The van der Waals surface area contributed by atoms with Gasteiger partial charge in [-0.25, -0.2) is 14.7 Å². The van der Waals surface area contributed by atoms with Gasteiger partial charge < -0.3 is 10.2 Å². The normalized spacial score (nSPS) is 18.0. The molecule has 15 nitrogen and oxygen atoms in total. The van der Waals surface area contributed by atoms with Crippen LogP contribution in [0.5, 0.6) is 0 Å². The number of pyridine rings is 1. The van der Waals surface area contributed by atoms with E-state index in [1.54, 1.807) is 6.20 Å². The molecule has 50 heavy (non-hydrogen) atoms. The summed E-state index contributed by atoms with van der Waals surface area (Å²) in [6.07, 6.45) is 3.87. The van der Waals surface area contributed by atoms with Crippen LogP contribution in [0.4, 0.5) is 5.69 Å². The Hall–Kier alpha value is -5.16. The van der Waals surface area contributed by atoms with Crippen molar-refractivity contribution in [2.24, 2.45) is 5.92 Å². The van der Waals surface area contributed by atoms with Gasteiger partial charge in [-0.3, -0.25) is 43.3 Å². The highest BCUT2D eigenvalue weighted by Crippen LogP contribution is 2.30. The Morgan fingerprint density at radius 1 is 0.920 bits per heavy atom. The van der Waals surface area contributed by atoms with Gasteiger partial charge in [-0.1, -0.05) is 29.0 Å². The molecule has 2 saturated heterocycles. The van der Waals surface area contributed by atoms with E-state index in [-0.39, 0.29) is 60.9 Å². The molecule has 2 fully saturated rings. The molecule has 2 atom stereocenters. The highest BCUT2D eigenvalue weighted by Gasteiger charge is 2.48. The van der Waals surface area contributed by atoms with E-state index >= 15 is 0 Å². The first kappa shape index (κ1) is 36.1. The van der Waals surface area contributed by atoms with Crippen LogP contribution in [0.2, 0.25) is 0 Å². The molecule has 4 heterocycles. The lowest BCUT2D eigenvalue weighted by Gasteiger charge is -2.25. The number of nitrogens with one attached hydrogen (secondary N) is 1. The smallest absolute Gasteiger partial charge is 0.355 e. The first-order valence-electron chi connectivity index (χ1n) is 15.7. The van der Waals surface area contributed by atoms with E-state index < -0.39 is 65.6 Å². The largest absolute Gasteiger partial charge is 0.356 e. The van der Waals surface area contributed by atoms with Crippen molar-refractivity contribution in [3.8, 4) is 0 Å². The maximum atomic E-state index is 13.3. The number of likely N-dealkylation sites (tertiary alicyclic amines) is 1. The van der Waals surface area contributed by atoms with E-state index in [4.69, 9.17) is 4.84 Å². The number of ketones is 1. The van der Waals surface area contributed by atoms with Gasteiger partial charge in [-0.15, -0.1) is 5.06 Å². The number of unbranched alkanes of at least 4 members (excludes halogenated alkanes) is 1. The number of Topliss-reactive ketones (excluding diaryl/α,β-unsaturated/α-hetero) is 1. The molecule has 0 bridgehead atoms. The van der Waals surface area contributed by atoms with Gasteiger partial charge in [0.1, 0.15) is 17.0 Å². The van der Waals surface area contributed by atoms with Crippen molar-refractivity contribution in [1.29, 1.82) is 0 Å². The number of nitrogens with zero attached hydrogens (tertiary/aromatic N) is 4. The second-order valence-electron chi connectivity index (χ2n) is 11.3. The van der Waals surface area contributed by atoms with Crippen molar-refractivity contribution in [3.05, 3.63) is 66.4 Å². The standard InChI is InChI=1S/C33H31N5O10S2/c39-24(14-17-49-50-25-9-2-4-16-35-25)34-15-3-1-8-23(37-28(42)12-13-29(37)43)33(47)48-38-30(44)19-22(32(38)46)31(45)20-6-5-7-21(18-20)36-26(40)10-11-27(36)41/h2,4-7,9-11,16,18,22-23H,1,3,8,12-15,17,19H2,(H,34,39). The van der Waals surface area contributed by atoms with Crippen LogP contribution in [-0.4, -0.2) is 86.4 Å². The topological polar surface area (TPSA) is 197 Å². The molecule has 0 spiro atoms. The summed E-state index contributed by atoms with van der Waals surface area (Å²) < 4.78 is 0. The number of anilines is 1. The van der Waals surface area contributed by atoms with Gasteiger partial charge in [0.25, 0.3) is 23.6 Å². The molecule has 7 amide bonds. The molecule has 0 radical (unpaired) electrons. The lowest BCUT2D eigenvalue weighted by Crippen LogP contribution is -2.48. The summed E-state index contributed by atoms with van der Waals surface area (Å²) in [5.74, 6) is -7.70. The molecule has 3 aliphatic heterocycles. The molecule has 17 heteroatoms. The molecule has 3 aliphatic rings. The van der Waals surface area contributed by atoms with Gasteiger partial charge >= 0.3 is 5.97 Å². The summed E-state index contributed by atoms with van der Waals surface area (Å²) in [7, 11) is 2.96. The molecule has 1 aromatic carbocycles. The average molecular weight is 722 g/mol. The van der Waals surface area contributed by atoms with Crippen LogP contribution in [-0.2, 0) is 43.2 Å². The zero-order valence-corrected chi connectivity index (χ0v) is 28.1. The number of rotatable bonds is 16. The highest BCUT2D eigenvalue weighted by atomic mass is 33.1. The van der Waals surface area contributed by atoms with Gasteiger partial charge in [0.05, 0.1) is 5.69 Å². The van der Waals surface area contributed by atoms with E-state index in [9.17, 15) is 43.2 Å². The Labute approximate surface area is 293 Å². The van der Waals surface area contributed by atoms with Crippen molar-refractivity contribution in [3.63, 3.8) is 0 Å². The van der Waals surface area contributed by atoms with Crippen LogP contribution in [0.1, 0.15) is 55.3 Å². The van der Waals surface area contributed by atoms with Gasteiger partial charge in [0.15, 0.2) is 5.78 Å². The molecular formula is C33H31N5O10S2. The van der Waals surface area contributed by atoms with Crippen molar-refractivity contribution in [2.75, 3.05) is 17.2 Å². The minimum absolute atomic E-state index is 0.0586. The van der Waals surface area contributed by atoms with E-state index in [1.807, 2.05) is 18.2 Å². The van der Waals surface area contributed by atoms with Crippen LogP contribution in [0, 0.1) is 5.92 Å². The third kappa shape index (κ3) is 8.52. The highest BCUT2D eigenvalue weighted by molar-refractivity contribution is 8.76. The van der Waals surface area contributed by atoms with E-state index in [1.165, 1.54) is 45.9 Å². The Balaban J connectivity index is 1.14. The van der Waals surface area contributed by atoms with Crippen LogP contribution < -0.4 is 10.2 Å². The first-order valence-corrected chi connectivity index (χ1v) is 18.0. The monoisotopic (exact) mass is 721 g/mol. The average Bonchev–Trinajstić information content (AvgIpc) is 3.73. The number of hydroxylamine groups is 2. The lowest BCUT2D eigenvalue weighted by atomic mass is 9.96. The first-order chi connectivity index (χ1) is 24.0. The fourth-order valence-electron chi connectivity index (χ4n) is 5.42. The molecule has 5 rings (SSSR count). The van der Waals surface area contributed by atoms with Crippen molar-refractivity contribution in [2.45, 2.75) is 56.0 Å². The molecule has 2 unspecified atom stereocenters. The molecule has 1 aromatic heterocycles. The maximum absolute atomic E-state index is 13.3. The Morgan fingerprint density at radius 2 is 1.66 bits per heavy atom. The number of hydrogen-bond acceptors (Lipinski definition) is 13. The summed E-state index contributed by atoms with van der Waals surface area (Å²) in [6.45, 7) is 0.269. The second kappa shape index (κ2) is 16.5. The molecule has 0 aliphatic carbocycles. The predicted octanol–water partition coefficient (Wildman–Crippen LogP) is 2.16. The zero-order valence-electron chi connectivity index (χ0n) is 26.5. The number of carbonyl (C=O) groups is 9. The fraction of sp³-hybridized carbons (Fsp3) is 0.333. The van der Waals surface area contributed by atoms with Gasteiger partial charge in [-0.05, 0) is 54.3 Å². The fourth-order valence-corrected chi connectivity index (χ4v) is 7.29. The number of imide groups is 3. The van der Waals surface area contributed by atoms with E-state index in [2.05, 4.69) is 10.3 Å². The molecule has 260 valence electrons. The van der Waals surface area contributed by atoms with Gasteiger partial charge in [0, 0.05) is 61.9 Å². The Morgan fingerprint density at radius 3 is 2.36 bits per heavy atom. The van der Waals surface area contributed by atoms with Crippen molar-refractivity contribution < 1.29 is 48.0 Å². The molecule has 0 saturated carbocycles. The summed E-state index contributed by atoms with van der Waals surface area (Å²) in [5, 5.41) is 3.80. The third-order valence-electron chi connectivity index (χ3n) is 7.89. The molecular weight excluding hydrogens is 691 g/mol. The Bertz CT molecular complexity index is 1730. The van der Waals surface area contributed by atoms with Crippen LogP contribution >= 0.6 is 21.6 Å². The van der Waals surface area contributed by atoms with Crippen LogP contribution in [0.15, 0.2) is 65.8 Å². The second-order valence-corrected chi connectivity index (χ2v) is 13.7. The summed E-state index contributed by atoms with van der Waals surface area (Å²) >= 11 is 0. The Kier molecular flexibility index (Phi) is 11.9. The quantitative estimate of drug-likeness (QED) is 0.0871. The summed E-state index contributed by atoms with van der Waals surface area (Å²) in [5.41, 5.74) is 0.0302. The SMILES string of the molecule is O=C(CCSSc1ccccn1)NCCCCC(C(=O)ON1C(=O)CC(C(=O)c2cccc(N3C(=O)C=CC3=O)c2)C1=O)N1C(=O)CCC1=O. The molecule has 1 N–H and O–H groups in total. The predicted molar refractivity (Wildman–Crippen MR) is 177 cm³/mol. The third-order valence-corrected chi connectivity index (χ3v) is 10.2.